The molecule has 8 nitrogen and oxygen atoms in total. The molecule has 1 atom stereocenters. The number of alkyl halides is 6. The molecule has 0 radical (unpaired) electrons. The average Bonchev–Trinajstić information content (AvgIpc) is 3.50. The van der Waals surface area contributed by atoms with Gasteiger partial charge in [-0.3, -0.25) is 9.48 Å². The molecule has 0 spiro atoms. The van der Waals surface area contributed by atoms with E-state index in [9.17, 15) is 31.1 Å². The first kappa shape index (κ1) is 26.7. The second-order valence-corrected chi connectivity index (χ2v) is 8.87. The highest BCUT2D eigenvalue weighted by atomic mass is 19.4. The van der Waals surface area contributed by atoms with Crippen molar-refractivity contribution < 1.29 is 31.1 Å². The Hall–Kier alpha value is -4.88. The normalized spacial score (nSPS) is 13.0. The summed E-state index contributed by atoms with van der Waals surface area (Å²) in [5.41, 5.74) is 4.93. The van der Waals surface area contributed by atoms with E-state index in [2.05, 4.69) is 20.5 Å². The zero-order valence-electron chi connectivity index (χ0n) is 20.5. The summed E-state index contributed by atoms with van der Waals surface area (Å²) in [6.07, 6.45) is -7.31. The van der Waals surface area contributed by atoms with Gasteiger partial charge in [0.25, 0.3) is 5.91 Å². The van der Waals surface area contributed by atoms with Crippen LogP contribution in [0.2, 0.25) is 0 Å². The van der Waals surface area contributed by atoms with Crippen LogP contribution in [0, 0.1) is 6.92 Å². The molecule has 1 amide bonds. The van der Waals surface area contributed by atoms with Gasteiger partial charge in [0.15, 0.2) is 17.7 Å². The Balaban J connectivity index is 1.48. The van der Waals surface area contributed by atoms with E-state index in [1.54, 1.807) is 13.0 Å². The summed E-state index contributed by atoms with van der Waals surface area (Å²) in [7, 11) is 0. The number of nitrogens with one attached hydrogen (secondary N) is 1. The van der Waals surface area contributed by atoms with Gasteiger partial charge < -0.3 is 11.1 Å². The number of carbonyl (C=O) groups excluding carboxylic acids is 1. The monoisotopic (exact) mass is 559 g/mol. The van der Waals surface area contributed by atoms with Gasteiger partial charge in [0, 0.05) is 23.4 Å². The van der Waals surface area contributed by atoms with Gasteiger partial charge >= 0.3 is 12.4 Å². The highest BCUT2D eigenvalue weighted by Crippen LogP contribution is 2.39. The van der Waals surface area contributed by atoms with Gasteiger partial charge in [0.1, 0.15) is 11.8 Å². The van der Waals surface area contributed by atoms with Crippen LogP contribution in [-0.2, 0) is 6.18 Å². The minimum absolute atomic E-state index is 0.00522. The van der Waals surface area contributed by atoms with Gasteiger partial charge in [0.2, 0.25) is 0 Å². The van der Waals surface area contributed by atoms with Crippen molar-refractivity contribution in [3.05, 3.63) is 95.4 Å². The molecule has 0 aliphatic rings. The number of rotatable bonds is 5. The molecule has 206 valence electrons. The van der Waals surface area contributed by atoms with Crippen molar-refractivity contribution in [3.63, 3.8) is 0 Å². The van der Waals surface area contributed by atoms with E-state index in [4.69, 9.17) is 5.73 Å². The van der Waals surface area contributed by atoms with Crippen LogP contribution in [0.3, 0.4) is 0 Å². The predicted molar refractivity (Wildman–Crippen MR) is 133 cm³/mol. The third-order valence-electron chi connectivity index (χ3n) is 6.21. The third kappa shape index (κ3) is 4.95. The number of carbonyl (C=O) groups is 1. The van der Waals surface area contributed by atoms with E-state index < -0.39 is 35.4 Å². The number of aromatic nitrogens is 5. The highest BCUT2D eigenvalue weighted by Gasteiger charge is 2.43. The first-order valence-corrected chi connectivity index (χ1v) is 11.6. The molecule has 0 aliphatic carbocycles. The van der Waals surface area contributed by atoms with Crippen LogP contribution in [-0.4, -0.2) is 36.5 Å². The van der Waals surface area contributed by atoms with Crippen LogP contribution in [0.25, 0.3) is 16.8 Å². The molecule has 5 rings (SSSR count). The van der Waals surface area contributed by atoms with Crippen LogP contribution in [0.4, 0.5) is 38.0 Å². The summed E-state index contributed by atoms with van der Waals surface area (Å²) in [6.45, 7) is 1.60. The predicted octanol–water partition coefficient (Wildman–Crippen LogP) is 5.91. The number of nitrogen functional groups attached to an aromatic ring is 1. The molecule has 0 saturated heterocycles. The molecule has 0 aliphatic heterocycles. The Morgan fingerprint density at radius 1 is 1.00 bits per heavy atom. The van der Waals surface area contributed by atoms with Crippen molar-refractivity contribution >= 4 is 23.1 Å². The number of amides is 1. The molecule has 2 aromatic carbocycles. The molecule has 5 aromatic rings. The maximum absolute atomic E-state index is 13.9. The molecular weight excluding hydrogens is 540 g/mol. The number of aryl methyl sites for hydroxylation is 1. The quantitative estimate of drug-likeness (QED) is 0.261. The summed E-state index contributed by atoms with van der Waals surface area (Å²) in [6, 6.07) is 11.6. The van der Waals surface area contributed by atoms with Gasteiger partial charge in [0.05, 0.1) is 11.3 Å². The molecule has 40 heavy (non-hydrogen) atoms. The molecule has 0 saturated carbocycles. The Morgan fingerprint density at radius 3 is 2.40 bits per heavy atom. The first-order chi connectivity index (χ1) is 18.8. The fraction of sp³-hybridized carbons (Fsp3) is 0.154. The van der Waals surface area contributed by atoms with Crippen molar-refractivity contribution in [3.8, 4) is 11.3 Å². The van der Waals surface area contributed by atoms with Crippen LogP contribution in [0.5, 0.6) is 0 Å². The Labute approximate surface area is 222 Å². The van der Waals surface area contributed by atoms with Crippen LogP contribution < -0.4 is 11.1 Å². The number of nitrogens with two attached hydrogens (primary N) is 1. The average molecular weight is 559 g/mol. The molecule has 3 N–H and O–H groups in total. The van der Waals surface area contributed by atoms with Gasteiger partial charge in [-0.1, -0.05) is 42.5 Å². The topological polar surface area (TPSA) is 103 Å². The lowest BCUT2D eigenvalue weighted by Gasteiger charge is -2.21. The molecule has 0 bridgehead atoms. The van der Waals surface area contributed by atoms with Crippen molar-refractivity contribution in [1.29, 1.82) is 0 Å². The summed E-state index contributed by atoms with van der Waals surface area (Å²) >= 11 is 0. The summed E-state index contributed by atoms with van der Waals surface area (Å²) in [5.74, 6) is -1.24. The Kier molecular flexibility index (Phi) is 6.48. The van der Waals surface area contributed by atoms with Gasteiger partial charge in [-0.05, 0) is 30.2 Å². The van der Waals surface area contributed by atoms with E-state index in [1.807, 2.05) is 0 Å². The molecule has 3 aromatic heterocycles. The zero-order chi connectivity index (χ0) is 28.8. The standard InChI is InChI=1S/C26H19F6N7O/c1-14-7-8-16(19-12-18(25(27,28)29)21-23(33)34-13-35-39(19)21)11-17(14)24(40)36-20-9-10-38(37-20)22(26(30,31)32)15-5-3-2-4-6-15/h2-13,22H,1H3,(H2,33,34,35)(H,36,37,40). The fourth-order valence-corrected chi connectivity index (χ4v) is 4.37. The summed E-state index contributed by atoms with van der Waals surface area (Å²) in [4.78, 5) is 16.8. The maximum Gasteiger partial charge on any atom is 0.418 e. The Morgan fingerprint density at radius 2 is 1.73 bits per heavy atom. The third-order valence-corrected chi connectivity index (χ3v) is 6.21. The van der Waals surface area contributed by atoms with Gasteiger partial charge in [-0.25, -0.2) is 9.50 Å². The van der Waals surface area contributed by atoms with Crippen molar-refractivity contribution in [2.45, 2.75) is 25.3 Å². The van der Waals surface area contributed by atoms with Crippen LogP contribution in [0.15, 0.2) is 73.2 Å². The maximum atomic E-state index is 13.9. The number of hydrogen-bond acceptors (Lipinski definition) is 5. The second kappa shape index (κ2) is 9.70. The van der Waals surface area contributed by atoms with Crippen molar-refractivity contribution in [2.24, 2.45) is 0 Å². The number of anilines is 2. The van der Waals surface area contributed by atoms with E-state index in [1.165, 1.54) is 48.5 Å². The smallest absolute Gasteiger partial charge is 0.382 e. The number of halogens is 6. The number of benzene rings is 2. The first-order valence-electron chi connectivity index (χ1n) is 11.6. The SMILES string of the molecule is Cc1ccc(-c2cc(C(F)(F)F)c3c(N)ncnn23)cc1C(=O)Nc1ccn(C(c2ccccc2)C(F)(F)F)n1. The lowest BCUT2D eigenvalue weighted by Crippen LogP contribution is -2.28. The number of hydrogen-bond donors (Lipinski definition) is 2. The molecule has 3 heterocycles. The van der Waals surface area contributed by atoms with Crippen molar-refractivity contribution in [1.82, 2.24) is 24.4 Å². The minimum Gasteiger partial charge on any atom is -0.382 e. The lowest BCUT2D eigenvalue weighted by molar-refractivity contribution is -0.159. The van der Waals surface area contributed by atoms with E-state index in [0.29, 0.717) is 10.2 Å². The summed E-state index contributed by atoms with van der Waals surface area (Å²) in [5, 5.41) is 10.3. The molecule has 0 fully saturated rings. The molecular formula is C26H19F6N7O. The lowest BCUT2D eigenvalue weighted by atomic mass is 10.0. The highest BCUT2D eigenvalue weighted by molar-refractivity contribution is 6.05. The largest absolute Gasteiger partial charge is 0.418 e. The van der Waals surface area contributed by atoms with Crippen LogP contribution >= 0.6 is 0 Å². The number of nitrogens with zero attached hydrogens (tertiary/aromatic N) is 5. The molecule has 1 unspecified atom stereocenters. The van der Waals surface area contributed by atoms with E-state index in [0.717, 1.165) is 23.1 Å². The van der Waals surface area contributed by atoms with Crippen molar-refractivity contribution in [2.75, 3.05) is 11.1 Å². The van der Waals surface area contributed by atoms with E-state index >= 15 is 0 Å². The second-order valence-electron chi connectivity index (χ2n) is 8.87. The van der Waals surface area contributed by atoms with Gasteiger partial charge in [-0.15, -0.1) is 0 Å². The molecule has 14 heteroatoms. The minimum atomic E-state index is -4.75. The summed E-state index contributed by atoms with van der Waals surface area (Å²) < 4.78 is 84.4. The zero-order valence-corrected chi connectivity index (χ0v) is 20.5. The number of fused-ring (bicyclic) bond motifs is 1. The van der Waals surface area contributed by atoms with Gasteiger partial charge in [-0.2, -0.15) is 36.5 Å². The Bertz CT molecular complexity index is 1710. The fourth-order valence-electron chi connectivity index (χ4n) is 4.37. The van der Waals surface area contributed by atoms with Crippen LogP contribution in [0.1, 0.15) is 33.1 Å². The van der Waals surface area contributed by atoms with E-state index in [-0.39, 0.29) is 34.0 Å².